The molecule has 0 fully saturated rings. The summed E-state index contributed by atoms with van der Waals surface area (Å²) in [6, 6.07) is 10.9. The highest BCUT2D eigenvalue weighted by Gasteiger charge is 2.15. The highest BCUT2D eigenvalue weighted by molar-refractivity contribution is 5.85. The summed E-state index contributed by atoms with van der Waals surface area (Å²) < 4.78 is 23.6. The molecule has 0 bridgehead atoms. The second-order valence-corrected chi connectivity index (χ2v) is 5.81. The van der Waals surface area contributed by atoms with Crippen LogP contribution in [0.3, 0.4) is 0 Å². The fraction of sp³-hybridized carbons (Fsp3) is 0.263. The topological polar surface area (TPSA) is 76.7 Å². The maximum Gasteiger partial charge on any atom is 0.279 e. The Kier molecular flexibility index (Phi) is 6.54. The molecule has 0 radical (unpaired) electrons. The monoisotopic (exact) mass is 360 g/mol. The number of hydrogen-bond donors (Lipinski definition) is 2. The number of hydrazine groups is 1. The number of amides is 2. The van der Waals surface area contributed by atoms with Gasteiger partial charge in [-0.25, -0.2) is 4.39 Å². The van der Waals surface area contributed by atoms with E-state index < -0.39 is 23.7 Å². The summed E-state index contributed by atoms with van der Waals surface area (Å²) in [6.07, 6.45) is -0.874. The van der Waals surface area contributed by atoms with Crippen LogP contribution in [-0.2, 0) is 9.59 Å². The Balaban J connectivity index is 1.75. The molecule has 0 saturated carbocycles. The van der Waals surface area contributed by atoms with Gasteiger partial charge < -0.3 is 9.47 Å². The van der Waals surface area contributed by atoms with Gasteiger partial charge in [-0.2, -0.15) is 0 Å². The molecule has 1 unspecified atom stereocenters. The lowest BCUT2D eigenvalue weighted by molar-refractivity contribution is -0.133. The normalized spacial score (nSPS) is 11.4. The van der Waals surface area contributed by atoms with Crippen LogP contribution in [0.5, 0.6) is 11.5 Å². The third-order valence-corrected chi connectivity index (χ3v) is 3.51. The van der Waals surface area contributed by atoms with Gasteiger partial charge in [-0.1, -0.05) is 17.7 Å². The second-order valence-electron chi connectivity index (χ2n) is 5.81. The zero-order chi connectivity index (χ0) is 19.1. The van der Waals surface area contributed by atoms with Crippen LogP contribution in [0.4, 0.5) is 4.39 Å². The average Bonchev–Trinajstić information content (AvgIpc) is 2.60. The van der Waals surface area contributed by atoms with Crippen molar-refractivity contribution in [2.45, 2.75) is 26.9 Å². The molecule has 0 saturated heterocycles. The Morgan fingerprint density at radius 2 is 1.77 bits per heavy atom. The zero-order valence-electron chi connectivity index (χ0n) is 14.8. The minimum atomic E-state index is -0.874. The molecule has 2 aromatic rings. The van der Waals surface area contributed by atoms with Crippen LogP contribution < -0.4 is 20.3 Å². The lowest BCUT2D eigenvalue weighted by Crippen LogP contribution is -2.48. The number of hydrogen-bond acceptors (Lipinski definition) is 4. The van der Waals surface area contributed by atoms with Crippen LogP contribution in [-0.4, -0.2) is 24.5 Å². The van der Waals surface area contributed by atoms with Gasteiger partial charge in [-0.3, -0.25) is 20.4 Å². The van der Waals surface area contributed by atoms with Gasteiger partial charge in [0.15, 0.2) is 12.7 Å². The number of rotatable bonds is 6. The molecular weight excluding hydrogens is 339 g/mol. The Hall–Kier alpha value is -3.09. The molecule has 1 atom stereocenters. The van der Waals surface area contributed by atoms with Crippen molar-refractivity contribution >= 4 is 11.8 Å². The van der Waals surface area contributed by atoms with Gasteiger partial charge >= 0.3 is 0 Å². The molecule has 0 aromatic heterocycles. The van der Waals surface area contributed by atoms with E-state index in [1.165, 1.54) is 31.2 Å². The van der Waals surface area contributed by atoms with Crippen LogP contribution >= 0.6 is 0 Å². The smallest absolute Gasteiger partial charge is 0.279 e. The van der Waals surface area contributed by atoms with Crippen molar-refractivity contribution in [3.05, 3.63) is 59.4 Å². The zero-order valence-corrected chi connectivity index (χ0v) is 14.8. The number of nitrogens with one attached hydrogen (secondary N) is 2. The van der Waals surface area contributed by atoms with Gasteiger partial charge in [0.05, 0.1) is 0 Å². The van der Waals surface area contributed by atoms with E-state index in [0.717, 1.165) is 11.1 Å². The molecule has 26 heavy (non-hydrogen) atoms. The van der Waals surface area contributed by atoms with E-state index in [1.807, 2.05) is 26.0 Å². The van der Waals surface area contributed by atoms with Crippen molar-refractivity contribution in [1.29, 1.82) is 0 Å². The second kappa shape index (κ2) is 8.84. The highest BCUT2D eigenvalue weighted by Crippen LogP contribution is 2.18. The maximum atomic E-state index is 12.8. The Labute approximate surface area is 151 Å². The van der Waals surface area contributed by atoms with E-state index in [0.29, 0.717) is 11.5 Å². The van der Waals surface area contributed by atoms with Gasteiger partial charge in [0.1, 0.15) is 17.3 Å². The lowest BCUT2D eigenvalue weighted by Gasteiger charge is -2.15. The van der Waals surface area contributed by atoms with E-state index in [4.69, 9.17) is 9.47 Å². The number of carbonyl (C=O) groups excluding carboxylic acids is 2. The molecule has 0 aliphatic carbocycles. The van der Waals surface area contributed by atoms with Gasteiger partial charge in [-0.15, -0.1) is 0 Å². The maximum absolute atomic E-state index is 12.8. The first-order chi connectivity index (χ1) is 12.3. The summed E-state index contributed by atoms with van der Waals surface area (Å²) in [5, 5.41) is 0. The molecule has 2 N–H and O–H groups in total. The summed E-state index contributed by atoms with van der Waals surface area (Å²) in [5.74, 6) is -0.504. The molecule has 6 nitrogen and oxygen atoms in total. The van der Waals surface area contributed by atoms with E-state index >= 15 is 0 Å². The molecule has 0 aliphatic rings. The summed E-state index contributed by atoms with van der Waals surface area (Å²) in [4.78, 5) is 23.7. The van der Waals surface area contributed by atoms with Gasteiger partial charge in [-0.05, 0) is 56.7 Å². The Bertz CT molecular complexity index is 778. The van der Waals surface area contributed by atoms with E-state index in [1.54, 1.807) is 6.07 Å². The molecule has 2 amide bonds. The molecule has 138 valence electrons. The first-order valence-corrected chi connectivity index (χ1v) is 8.06. The van der Waals surface area contributed by atoms with Crippen molar-refractivity contribution in [3.63, 3.8) is 0 Å². The minimum absolute atomic E-state index is 0.239. The first kappa shape index (κ1) is 19.2. The molecule has 0 aliphatic heterocycles. The van der Waals surface area contributed by atoms with Crippen molar-refractivity contribution < 1.29 is 23.5 Å². The molecule has 7 heteroatoms. The van der Waals surface area contributed by atoms with E-state index in [9.17, 15) is 14.0 Å². The average molecular weight is 360 g/mol. The minimum Gasteiger partial charge on any atom is -0.483 e. The number of benzene rings is 2. The van der Waals surface area contributed by atoms with Crippen LogP contribution in [0.25, 0.3) is 0 Å². The fourth-order valence-corrected chi connectivity index (χ4v) is 2.14. The van der Waals surface area contributed by atoms with Crippen molar-refractivity contribution in [2.75, 3.05) is 6.61 Å². The summed E-state index contributed by atoms with van der Waals surface area (Å²) in [7, 11) is 0. The van der Waals surface area contributed by atoms with Crippen molar-refractivity contribution in [3.8, 4) is 11.5 Å². The SMILES string of the molecule is Cc1ccc(OCC(=O)NNC(=O)C(C)Oc2ccc(F)cc2)c(C)c1. The predicted molar refractivity (Wildman–Crippen MR) is 94.2 cm³/mol. The van der Waals surface area contributed by atoms with E-state index in [-0.39, 0.29) is 6.61 Å². The van der Waals surface area contributed by atoms with Crippen LogP contribution in [0, 0.1) is 19.7 Å². The van der Waals surface area contributed by atoms with E-state index in [2.05, 4.69) is 10.9 Å². The largest absolute Gasteiger partial charge is 0.483 e. The number of aryl methyl sites for hydroxylation is 2. The molecule has 0 spiro atoms. The van der Waals surface area contributed by atoms with Crippen LogP contribution in [0.1, 0.15) is 18.1 Å². The Morgan fingerprint density at radius 3 is 2.42 bits per heavy atom. The number of ether oxygens (including phenoxy) is 2. The standard InChI is InChI=1S/C19H21FN2O4/c1-12-4-9-17(13(2)10-12)25-11-18(23)21-22-19(24)14(3)26-16-7-5-15(20)6-8-16/h4-10,14H,11H2,1-3H3,(H,21,23)(H,22,24). The summed E-state index contributed by atoms with van der Waals surface area (Å²) >= 11 is 0. The molecular formula is C19H21FN2O4. The first-order valence-electron chi connectivity index (χ1n) is 8.06. The van der Waals surface area contributed by atoms with Crippen molar-refractivity contribution in [1.82, 2.24) is 10.9 Å². The number of halogens is 1. The highest BCUT2D eigenvalue weighted by atomic mass is 19.1. The Morgan fingerprint density at radius 1 is 1.08 bits per heavy atom. The van der Waals surface area contributed by atoms with Crippen LogP contribution in [0.2, 0.25) is 0 Å². The van der Waals surface area contributed by atoms with Gasteiger partial charge in [0.2, 0.25) is 0 Å². The summed E-state index contributed by atoms with van der Waals surface area (Å²) in [5.41, 5.74) is 6.53. The predicted octanol–water partition coefficient (Wildman–Crippen LogP) is 2.44. The fourth-order valence-electron chi connectivity index (χ4n) is 2.14. The van der Waals surface area contributed by atoms with Gasteiger partial charge in [0.25, 0.3) is 11.8 Å². The molecule has 2 aromatic carbocycles. The lowest BCUT2D eigenvalue weighted by atomic mass is 10.1. The third-order valence-electron chi connectivity index (χ3n) is 3.51. The van der Waals surface area contributed by atoms with Gasteiger partial charge in [0, 0.05) is 0 Å². The van der Waals surface area contributed by atoms with Crippen molar-refractivity contribution in [2.24, 2.45) is 0 Å². The quantitative estimate of drug-likeness (QED) is 0.776. The summed E-state index contributed by atoms with van der Waals surface area (Å²) in [6.45, 7) is 5.12. The molecule has 2 rings (SSSR count). The third kappa shape index (κ3) is 5.77. The number of carbonyl (C=O) groups is 2. The molecule has 0 heterocycles. The van der Waals surface area contributed by atoms with Crippen LogP contribution in [0.15, 0.2) is 42.5 Å².